The van der Waals surface area contributed by atoms with E-state index in [4.69, 9.17) is 4.74 Å². The van der Waals surface area contributed by atoms with Gasteiger partial charge in [-0.05, 0) is 48.0 Å². The molecule has 0 heterocycles. The Morgan fingerprint density at radius 1 is 1.29 bits per heavy atom. The van der Waals surface area contributed by atoms with Crippen molar-refractivity contribution >= 4 is 34.2 Å². The van der Waals surface area contributed by atoms with Crippen LogP contribution in [0.1, 0.15) is 20.8 Å². The molecular formula is C15H24BrClN2O2. The van der Waals surface area contributed by atoms with Gasteiger partial charge in [0.25, 0.3) is 5.91 Å². The minimum Gasteiger partial charge on any atom is -0.479 e. The molecule has 0 saturated heterocycles. The third kappa shape index (κ3) is 6.68. The van der Waals surface area contributed by atoms with Crippen molar-refractivity contribution in [2.45, 2.75) is 32.9 Å². The number of carbonyl (C=O) groups is 1. The van der Waals surface area contributed by atoms with Gasteiger partial charge in [0.1, 0.15) is 5.75 Å². The van der Waals surface area contributed by atoms with Crippen LogP contribution in [0, 0.1) is 5.92 Å². The molecule has 1 amide bonds. The molecule has 0 aliphatic carbocycles. The highest BCUT2D eigenvalue weighted by molar-refractivity contribution is 9.10. The van der Waals surface area contributed by atoms with Gasteiger partial charge in [0.05, 0.1) is 4.47 Å². The second kappa shape index (κ2) is 10.0. The highest BCUT2D eigenvalue weighted by Gasteiger charge is 2.24. The van der Waals surface area contributed by atoms with Gasteiger partial charge in [0, 0.05) is 12.6 Å². The Hall–Kier alpha value is -0.780. The zero-order valence-corrected chi connectivity index (χ0v) is 15.3. The Labute approximate surface area is 141 Å². The summed E-state index contributed by atoms with van der Waals surface area (Å²) < 4.78 is 6.70. The van der Waals surface area contributed by atoms with Crippen LogP contribution in [-0.2, 0) is 4.79 Å². The van der Waals surface area contributed by atoms with E-state index < -0.39 is 6.10 Å². The first-order valence-electron chi connectivity index (χ1n) is 6.81. The number of nitrogens with one attached hydrogen (secondary N) is 2. The Balaban J connectivity index is 0.00000400. The quantitative estimate of drug-likeness (QED) is 0.766. The summed E-state index contributed by atoms with van der Waals surface area (Å²) in [6.45, 7) is 6.54. The maximum atomic E-state index is 12.2. The van der Waals surface area contributed by atoms with Gasteiger partial charge in [0.2, 0.25) is 0 Å². The molecule has 0 spiro atoms. The van der Waals surface area contributed by atoms with Gasteiger partial charge in [-0.25, -0.2) is 0 Å². The summed E-state index contributed by atoms with van der Waals surface area (Å²) in [5.74, 6) is 0.688. The topological polar surface area (TPSA) is 50.4 Å². The lowest BCUT2D eigenvalue weighted by Gasteiger charge is -2.23. The monoisotopic (exact) mass is 378 g/mol. The van der Waals surface area contributed by atoms with Crippen molar-refractivity contribution in [3.63, 3.8) is 0 Å². The van der Waals surface area contributed by atoms with Crippen LogP contribution in [0.2, 0.25) is 0 Å². The van der Waals surface area contributed by atoms with Crippen molar-refractivity contribution in [1.29, 1.82) is 0 Å². The van der Waals surface area contributed by atoms with E-state index in [1.807, 2.05) is 52.1 Å². The maximum Gasteiger partial charge on any atom is 0.261 e. The van der Waals surface area contributed by atoms with Crippen LogP contribution >= 0.6 is 28.3 Å². The molecule has 0 radical (unpaired) electrons. The minimum atomic E-state index is -0.502. The summed E-state index contributed by atoms with van der Waals surface area (Å²) in [6, 6.07) is 7.78. The van der Waals surface area contributed by atoms with Crippen LogP contribution in [0.4, 0.5) is 0 Å². The second-order valence-corrected chi connectivity index (χ2v) is 6.00. The molecule has 6 heteroatoms. The Bertz CT molecular complexity index is 443. The molecule has 0 aromatic heterocycles. The number of likely N-dealkylation sites (N-methyl/N-ethyl adjacent to an activating group) is 1. The van der Waals surface area contributed by atoms with Gasteiger partial charge in [-0.2, -0.15) is 0 Å². The first-order chi connectivity index (χ1) is 9.45. The number of hydrogen-bond donors (Lipinski definition) is 2. The van der Waals surface area contributed by atoms with Crippen LogP contribution < -0.4 is 15.4 Å². The summed E-state index contributed by atoms with van der Waals surface area (Å²) >= 11 is 3.43. The summed E-state index contributed by atoms with van der Waals surface area (Å²) in [7, 11) is 1.87. The molecule has 4 nitrogen and oxygen atoms in total. The zero-order valence-electron chi connectivity index (χ0n) is 12.9. The van der Waals surface area contributed by atoms with Gasteiger partial charge in [-0.3, -0.25) is 4.79 Å². The summed E-state index contributed by atoms with van der Waals surface area (Å²) in [6.07, 6.45) is -0.502. The number of halogens is 2. The van der Waals surface area contributed by atoms with Crippen molar-refractivity contribution in [2.75, 3.05) is 13.6 Å². The number of ether oxygens (including phenoxy) is 1. The fourth-order valence-electron chi connectivity index (χ4n) is 1.63. The van der Waals surface area contributed by atoms with Crippen LogP contribution in [0.25, 0.3) is 0 Å². The fraction of sp³-hybridized carbons (Fsp3) is 0.533. The molecule has 1 aromatic rings. The largest absolute Gasteiger partial charge is 0.479 e. The molecule has 21 heavy (non-hydrogen) atoms. The van der Waals surface area contributed by atoms with E-state index in [2.05, 4.69) is 26.6 Å². The molecule has 0 fully saturated rings. The standard InChI is InChI=1S/C15H23BrN2O2.ClH/c1-10(2)14(15(19)18-9-11(3)17-4)20-13-8-6-5-7-12(13)16;/h5-8,10-11,14,17H,9H2,1-4H3,(H,18,19);1H. The van der Waals surface area contributed by atoms with Crippen LogP contribution in [-0.4, -0.2) is 31.6 Å². The Morgan fingerprint density at radius 3 is 2.43 bits per heavy atom. The highest BCUT2D eigenvalue weighted by Crippen LogP contribution is 2.26. The normalized spacial score (nSPS) is 13.2. The lowest BCUT2D eigenvalue weighted by Crippen LogP contribution is -2.45. The van der Waals surface area contributed by atoms with Crippen LogP contribution in [0.5, 0.6) is 5.75 Å². The van der Waals surface area contributed by atoms with Gasteiger partial charge < -0.3 is 15.4 Å². The molecule has 0 aliphatic heterocycles. The summed E-state index contributed by atoms with van der Waals surface area (Å²) in [5.41, 5.74) is 0. The number of rotatable bonds is 7. The van der Waals surface area contributed by atoms with Gasteiger partial charge in [0.15, 0.2) is 6.10 Å². The third-order valence-electron chi connectivity index (χ3n) is 3.03. The zero-order chi connectivity index (χ0) is 15.1. The van der Waals surface area contributed by atoms with E-state index in [1.165, 1.54) is 0 Å². The number of carbonyl (C=O) groups excluding carboxylic acids is 1. The molecule has 0 saturated carbocycles. The first kappa shape index (κ1) is 20.2. The Kier molecular flexibility index (Phi) is 9.66. The first-order valence-corrected chi connectivity index (χ1v) is 7.61. The average molecular weight is 380 g/mol. The van der Waals surface area contributed by atoms with E-state index in [1.54, 1.807) is 0 Å². The lowest BCUT2D eigenvalue weighted by atomic mass is 10.1. The fourth-order valence-corrected chi connectivity index (χ4v) is 2.00. The van der Waals surface area contributed by atoms with E-state index in [-0.39, 0.29) is 30.3 Å². The molecule has 2 N–H and O–H groups in total. The molecule has 120 valence electrons. The highest BCUT2D eigenvalue weighted by atomic mass is 79.9. The van der Waals surface area contributed by atoms with Gasteiger partial charge in [-0.1, -0.05) is 26.0 Å². The number of amides is 1. The van der Waals surface area contributed by atoms with E-state index in [0.717, 1.165) is 4.47 Å². The minimum absolute atomic E-state index is 0. The molecule has 2 unspecified atom stereocenters. The van der Waals surface area contributed by atoms with Crippen molar-refractivity contribution < 1.29 is 9.53 Å². The second-order valence-electron chi connectivity index (χ2n) is 5.15. The lowest BCUT2D eigenvalue weighted by molar-refractivity contribution is -0.129. The molecular weight excluding hydrogens is 356 g/mol. The average Bonchev–Trinajstić information content (AvgIpc) is 2.43. The SMILES string of the molecule is CNC(C)CNC(=O)C(Oc1ccccc1Br)C(C)C.Cl. The third-order valence-corrected chi connectivity index (χ3v) is 3.68. The summed E-state index contributed by atoms with van der Waals surface area (Å²) in [4.78, 5) is 12.2. The van der Waals surface area contributed by atoms with Crippen molar-refractivity contribution in [3.8, 4) is 5.75 Å². The molecule has 2 atom stereocenters. The Morgan fingerprint density at radius 2 is 1.90 bits per heavy atom. The van der Waals surface area contributed by atoms with E-state index >= 15 is 0 Å². The predicted octanol–water partition coefficient (Wildman–Crippen LogP) is 3.00. The molecule has 1 aromatic carbocycles. The van der Waals surface area contributed by atoms with Crippen molar-refractivity contribution in [1.82, 2.24) is 10.6 Å². The van der Waals surface area contributed by atoms with Crippen LogP contribution in [0.15, 0.2) is 28.7 Å². The van der Waals surface area contributed by atoms with Gasteiger partial charge in [-0.15, -0.1) is 12.4 Å². The molecule has 0 bridgehead atoms. The van der Waals surface area contributed by atoms with Gasteiger partial charge >= 0.3 is 0 Å². The smallest absolute Gasteiger partial charge is 0.261 e. The van der Waals surface area contributed by atoms with E-state index in [9.17, 15) is 4.79 Å². The number of hydrogen-bond acceptors (Lipinski definition) is 3. The maximum absolute atomic E-state index is 12.2. The number of para-hydroxylation sites is 1. The number of benzene rings is 1. The van der Waals surface area contributed by atoms with Crippen molar-refractivity contribution in [2.24, 2.45) is 5.92 Å². The summed E-state index contributed by atoms with van der Waals surface area (Å²) in [5, 5.41) is 6.00. The molecule has 0 aliphatic rings. The van der Waals surface area contributed by atoms with Crippen LogP contribution in [0.3, 0.4) is 0 Å². The predicted molar refractivity (Wildman–Crippen MR) is 92.2 cm³/mol. The van der Waals surface area contributed by atoms with E-state index in [0.29, 0.717) is 12.3 Å². The van der Waals surface area contributed by atoms with Crippen molar-refractivity contribution in [3.05, 3.63) is 28.7 Å². The molecule has 1 rings (SSSR count).